The van der Waals surface area contributed by atoms with Gasteiger partial charge in [-0.2, -0.15) is 0 Å². The SMILES string of the molecule is CCCC(N)c1nc(C(=O)NC(CCCN=C(N)N[N+](=O)[O-])C(=O)OC)co1. The maximum Gasteiger partial charge on any atom is 0.328 e. The third-order valence-electron chi connectivity index (χ3n) is 3.60. The smallest absolute Gasteiger partial charge is 0.328 e. The number of hydrogen-bond donors (Lipinski definition) is 4. The summed E-state index contributed by atoms with van der Waals surface area (Å²) in [6.45, 7) is 2.07. The molecule has 0 fully saturated rings. The molecule has 1 aromatic heterocycles. The summed E-state index contributed by atoms with van der Waals surface area (Å²) in [5.41, 5.74) is 12.9. The van der Waals surface area contributed by atoms with Crippen molar-refractivity contribution in [2.24, 2.45) is 16.5 Å². The Hall–Kier alpha value is -3.22. The van der Waals surface area contributed by atoms with Crippen LogP contribution in [0.5, 0.6) is 0 Å². The van der Waals surface area contributed by atoms with Gasteiger partial charge in [0.1, 0.15) is 12.3 Å². The number of guanidine groups is 1. The van der Waals surface area contributed by atoms with Gasteiger partial charge < -0.3 is 25.9 Å². The van der Waals surface area contributed by atoms with Gasteiger partial charge >= 0.3 is 5.97 Å². The molecule has 1 aromatic rings. The number of hydrazine groups is 1. The van der Waals surface area contributed by atoms with Crippen LogP contribution < -0.4 is 22.2 Å². The molecule has 13 nitrogen and oxygen atoms in total. The number of hydrogen-bond acceptors (Lipinski definition) is 9. The van der Waals surface area contributed by atoms with Gasteiger partial charge in [-0.1, -0.05) is 18.8 Å². The summed E-state index contributed by atoms with van der Waals surface area (Å²) in [5.74, 6) is -1.39. The molecule has 0 aliphatic carbocycles. The Morgan fingerprint density at radius 1 is 1.46 bits per heavy atom. The van der Waals surface area contributed by atoms with E-state index in [1.807, 2.05) is 6.92 Å². The van der Waals surface area contributed by atoms with Gasteiger partial charge in [0.15, 0.2) is 10.7 Å². The molecule has 13 heteroatoms. The summed E-state index contributed by atoms with van der Waals surface area (Å²) in [4.78, 5) is 42.2. The first kappa shape index (κ1) is 22.8. The summed E-state index contributed by atoms with van der Waals surface area (Å²) in [6.07, 6.45) is 3.14. The number of esters is 1. The highest BCUT2D eigenvalue weighted by atomic mass is 16.7. The van der Waals surface area contributed by atoms with Crippen molar-refractivity contribution in [2.75, 3.05) is 13.7 Å². The normalized spacial score (nSPS) is 13.5. The third-order valence-corrected chi connectivity index (χ3v) is 3.60. The van der Waals surface area contributed by atoms with Crippen LogP contribution in [0.3, 0.4) is 0 Å². The zero-order valence-corrected chi connectivity index (χ0v) is 15.7. The minimum atomic E-state index is -0.957. The summed E-state index contributed by atoms with van der Waals surface area (Å²) >= 11 is 0. The largest absolute Gasteiger partial charge is 0.467 e. The van der Waals surface area contributed by atoms with E-state index in [0.29, 0.717) is 12.8 Å². The Morgan fingerprint density at radius 2 is 2.18 bits per heavy atom. The number of rotatable bonds is 11. The van der Waals surface area contributed by atoms with Crippen molar-refractivity contribution in [3.63, 3.8) is 0 Å². The van der Waals surface area contributed by atoms with Crippen LogP contribution in [0.25, 0.3) is 0 Å². The molecule has 2 unspecified atom stereocenters. The van der Waals surface area contributed by atoms with Gasteiger partial charge in [-0.15, -0.1) is 0 Å². The number of nitro groups is 1. The number of nitrogens with zero attached hydrogens (tertiary/aromatic N) is 3. The molecular weight excluding hydrogens is 374 g/mol. The van der Waals surface area contributed by atoms with Crippen LogP contribution in [0.4, 0.5) is 0 Å². The van der Waals surface area contributed by atoms with Crippen LogP contribution in [0.2, 0.25) is 0 Å². The molecule has 156 valence electrons. The van der Waals surface area contributed by atoms with Gasteiger partial charge in [0, 0.05) is 6.54 Å². The van der Waals surface area contributed by atoms with Crippen molar-refractivity contribution in [1.82, 2.24) is 15.7 Å². The van der Waals surface area contributed by atoms with Gasteiger partial charge in [-0.05, 0) is 19.3 Å². The summed E-state index contributed by atoms with van der Waals surface area (Å²) in [6, 6.07) is -1.37. The van der Waals surface area contributed by atoms with E-state index in [2.05, 4.69) is 20.0 Å². The molecule has 0 spiro atoms. The van der Waals surface area contributed by atoms with Crippen molar-refractivity contribution in [1.29, 1.82) is 0 Å². The highest BCUT2D eigenvalue weighted by molar-refractivity contribution is 5.94. The van der Waals surface area contributed by atoms with E-state index in [4.69, 9.17) is 15.9 Å². The fraction of sp³-hybridized carbons (Fsp3) is 0.600. The monoisotopic (exact) mass is 399 g/mol. The Kier molecular flexibility index (Phi) is 9.36. The number of oxazole rings is 1. The molecule has 0 saturated carbocycles. The molecule has 0 aromatic carbocycles. The molecule has 0 aliphatic rings. The Balaban J connectivity index is 2.64. The number of aromatic nitrogens is 1. The number of carbonyl (C=O) groups is 2. The third kappa shape index (κ3) is 7.57. The standard InChI is InChI=1S/C15H25N7O6/c1-3-5-9(16)13-20-11(8-28-13)12(23)19-10(14(24)27-2)6-4-7-18-15(17)21-22(25)26/h8-10H,3-7,16H2,1-2H3,(H,19,23)(H3,17,18,21). The van der Waals surface area contributed by atoms with Crippen LogP contribution in [0, 0.1) is 10.1 Å². The van der Waals surface area contributed by atoms with Gasteiger partial charge in [-0.3, -0.25) is 4.79 Å². The first-order chi connectivity index (χ1) is 13.3. The quantitative estimate of drug-likeness (QED) is 0.0948. The summed E-state index contributed by atoms with van der Waals surface area (Å²) < 4.78 is 9.89. The Bertz CT molecular complexity index is 705. The molecule has 6 N–H and O–H groups in total. The van der Waals surface area contributed by atoms with E-state index in [9.17, 15) is 19.7 Å². The lowest BCUT2D eigenvalue weighted by Gasteiger charge is -2.15. The van der Waals surface area contributed by atoms with Crippen LogP contribution in [-0.4, -0.2) is 47.5 Å². The minimum Gasteiger partial charge on any atom is -0.467 e. The van der Waals surface area contributed by atoms with Crippen molar-refractivity contribution in [3.8, 4) is 0 Å². The molecule has 0 aliphatic heterocycles. The number of ether oxygens (including phenoxy) is 1. The van der Waals surface area contributed by atoms with Crippen molar-refractivity contribution in [2.45, 2.75) is 44.7 Å². The predicted octanol–water partition coefficient (Wildman–Crippen LogP) is -0.378. The van der Waals surface area contributed by atoms with Crippen LogP contribution >= 0.6 is 0 Å². The molecule has 0 radical (unpaired) electrons. The number of nitrogens with one attached hydrogen (secondary N) is 2. The lowest BCUT2D eigenvalue weighted by atomic mass is 10.1. The minimum absolute atomic E-state index is 0.00657. The highest BCUT2D eigenvalue weighted by Gasteiger charge is 2.24. The second-order valence-electron chi connectivity index (χ2n) is 5.79. The fourth-order valence-electron chi connectivity index (χ4n) is 2.24. The number of amides is 1. The van der Waals surface area contributed by atoms with Crippen molar-refractivity contribution >= 4 is 17.8 Å². The van der Waals surface area contributed by atoms with Gasteiger partial charge in [0.25, 0.3) is 11.9 Å². The zero-order valence-electron chi connectivity index (χ0n) is 15.7. The number of nitrogens with two attached hydrogens (primary N) is 2. The van der Waals surface area contributed by atoms with E-state index < -0.39 is 29.0 Å². The van der Waals surface area contributed by atoms with Gasteiger partial charge in [-0.25, -0.2) is 24.9 Å². The maximum absolute atomic E-state index is 12.3. The number of aliphatic imine (C=N–C) groups is 1. The molecule has 0 saturated heterocycles. The number of carbonyl (C=O) groups excluding carboxylic acids is 2. The number of methoxy groups -OCH3 is 1. The topological polar surface area (TPSA) is 201 Å². The van der Waals surface area contributed by atoms with Crippen LogP contribution in [0.15, 0.2) is 15.7 Å². The van der Waals surface area contributed by atoms with E-state index >= 15 is 0 Å². The molecular formula is C15H25N7O6. The second kappa shape index (κ2) is 11.5. The van der Waals surface area contributed by atoms with Crippen molar-refractivity contribution < 1.29 is 23.8 Å². The van der Waals surface area contributed by atoms with E-state index in [0.717, 1.165) is 6.42 Å². The molecule has 1 heterocycles. The Morgan fingerprint density at radius 3 is 2.79 bits per heavy atom. The van der Waals surface area contributed by atoms with Crippen LogP contribution in [0.1, 0.15) is 55.0 Å². The first-order valence-electron chi connectivity index (χ1n) is 8.59. The molecule has 1 rings (SSSR count). The zero-order chi connectivity index (χ0) is 21.1. The second-order valence-corrected chi connectivity index (χ2v) is 5.79. The first-order valence-corrected chi connectivity index (χ1v) is 8.59. The summed E-state index contributed by atoms with van der Waals surface area (Å²) in [7, 11) is 1.19. The van der Waals surface area contributed by atoms with Gasteiger partial charge in [0.2, 0.25) is 5.89 Å². The van der Waals surface area contributed by atoms with E-state index in [-0.39, 0.29) is 30.5 Å². The average Bonchev–Trinajstić information content (AvgIpc) is 3.13. The Labute approximate surface area is 161 Å². The molecule has 2 atom stereocenters. The van der Waals surface area contributed by atoms with Gasteiger partial charge in [0.05, 0.1) is 13.2 Å². The highest BCUT2D eigenvalue weighted by Crippen LogP contribution is 2.15. The van der Waals surface area contributed by atoms with E-state index in [1.165, 1.54) is 13.4 Å². The van der Waals surface area contributed by atoms with Crippen molar-refractivity contribution in [3.05, 3.63) is 28.0 Å². The molecule has 28 heavy (non-hydrogen) atoms. The lowest BCUT2D eigenvalue weighted by Crippen LogP contribution is -2.42. The van der Waals surface area contributed by atoms with Crippen LogP contribution in [-0.2, 0) is 9.53 Å². The maximum atomic E-state index is 12.3. The fourth-order valence-corrected chi connectivity index (χ4v) is 2.24. The predicted molar refractivity (Wildman–Crippen MR) is 97.5 cm³/mol. The molecule has 1 amide bonds. The summed E-state index contributed by atoms with van der Waals surface area (Å²) in [5, 5.41) is 11.9. The lowest BCUT2D eigenvalue weighted by molar-refractivity contribution is -0.525. The molecule has 0 bridgehead atoms. The van der Waals surface area contributed by atoms with E-state index in [1.54, 1.807) is 5.43 Å². The average molecular weight is 399 g/mol.